The Hall–Kier alpha value is -1.66. The van der Waals surface area contributed by atoms with Crippen LogP contribution in [0.15, 0.2) is 29.7 Å². The molecular weight excluding hydrogens is 266 g/mol. The Morgan fingerprint density at radius 2 is 2.05 bits per heavy atom. The summed E-state index contributed by atoms with van der Waals surface area (Å²) in [5, 5.41) is 13.9. The fraction of sp³-hybridized carbons (Fsp3) is 0.385. The third-order valence-corrected chi connectivity index (χ3v) is 4.38. The van der Waals surface area contributed by atoms with Crippen LogP contribution in [0.3, 0.4) is 0 Å². The lowest BCUT2D eigenvalue weighted by Gasteiger charge is -2.20. The van der Waals surface area contributed by atoms with Gasteiger partial charge in [-0.3, -0.25) is 9.59 Å². The SMILES string of the molecule is O=C(O)[C@@H]1[C@H](C(=O)NCc2cccs2)[C@H]2C=C[C@@H]1O2. The molecule has 5 nitrogen and oxygen atoms in total. The number of thiophene rings is 1. The number of hydrogen-bond donors (Lipinski definition) is 2. The minimum absolute atomic E-state index is 0.252. The van der Waals surface area contributed by atoms with Gasteiger partial charge in [-0.15, -0.1) is 11.3 Å². The van der Waals surface area contributed by atoms with Gasteiger partial charge in [-0.2, -0.15) is 0 Å². The number of rotatable bonds is 4. The molecule has 1 aromatic heterocycles. The number of aliphatic carboxylic acids is 1. The predicted octanol–water partition coefficient (Wildman–Crippen LogP) is 1.02. The lowest BCUT2D eigenvalue weighted by molar-refractivity contribution is -0.146. The van der Waals surface area contributed by atoms with Crippen LogP contribution in [0.25, 0.3) is 0 Å². The number of hydrogen-bond acceptors (Lipinski definition) is 4. The van der Waals surface area contributed by atoms with E-state index in [1.54, 1.807) is 23.5 Å². The van der Waals surface area contributed by atoms with Gasteiger partial charge in [0.1, 0.15) is 5.92 Å². The number of carbonyl (C=O) groups is 2. The second-order valence-corrected chi connectivity index (χ2v) is 5.67. The molecule has 0 saturated carbocycles. The summed E-state index contributed by atoms with van der Waals surface area (Å²) >= 11 is 1.55. The lowest BCUT2D eigenvalue weighted by Crippen LogP contribution is -2.42. The summed E-state index contributed by atoms with van der Waals surface area (Å²) in [4.78, 5) is 24.5. The van der Waals surface area contributed by atoms with Crippen molar-refractivity contribution in [2.75, 3.05) is 0 Å². The van der Waals surface area contributed by atoms with Crippen molar-refractivity contribution < 1.29 is 19.4 Å². The number of amides is 1. The maximum atomic E-state index is 12.2. The summed E-state index contributed by atoms with van der Waals surface area (Å²) in [7, 11) is 0. The Labute approximate surface area is 113 Å². The molecule has 0 spiro atoms. The summed E-state index contributed by atoms with van der Waals surface area (Å²) in [6.07, 6.45) is 2.63. The van der Waals surface area contributed by atoms with Crippen molar-refractivity contribution in [1.82, 2.24) is 5.32 Å². The average Bonchev–Trinajstić information content (AvgIpc) is 3.10. The molecule has 100 valence electrons. The first-order valence-electron chi connectivity index (χ1n) is 6.03. The zero-order chi connectivity index (χ0) is 13.4. The molecule has 0 radical (unpaired) electrons. The van der Waals surface area contributed by atoms with Gasteiger partial charge in [-0.05, 0) is 11.4 Å². The third kappa shape index (κ3) is 2.17. The smallest absolute Gasteiger partial charge is 0.310 e. The van der Waals surface area contributed by atoms with Crippen molar-refractivity contribution in [3.05, 3.63) is 34.5 Å². The normalized spacial score (nSPS) is 31.6. The van der Waals surface area contributed by atoms with Crippen LogP contribution in [0, 0.1) is 11.8 Å². The fourth-order valence-corrected chi connectivity index (χ4v) is 3.26. The van der Waals surface area contributed by atoms with E-state index in [0.29, 0.717) is 6.54 Å². The average molecular weight is 279 g/mol. The van der Waals surface area contributed by atoms with Crippen LogP contribution in [0.2, 0.25) is 0 Å². The van der Waals surface area contributed by atoms with E-state index in [9.17, 15) is 14.7 Å². The van der Waals surface area contributed by atoms with Gasteiger partial charge in [0.15, 0.2) is 0 Å². The molecule has 3 heterocycles. The number of carbonyl (C=O) groups excluding carboxylic acids is 1. The van der Waals surface area contributed by atoms with Gasteiger partial charge in [0, 0.05) is 4.88 Å². The van der Waals surface area contributed by atoms with E-state index in [4.69, 9.17) is 4.74 Å². The van der Waals surface area contributed by atoms with Crippen molar-refractivity contribution in [2.45, 2.75) is 18.8 Å². The van der Waals surface area contributed by atoms with Crippen LogP contribution < -0.4 is 5.32 Å². The molecule has 2 N–H and O–H groups in total. The summed E-state index contributed by atoms with van der Waals surface area (Å²) in [5.41, 5.74) is 0. The van der Waals surface area contributed by atoms with Crippen LogP contribution >= 0.6 is 11.3 Å². The summed E-state index contributed by atoms with van der Waals surface area (Å²) in [5.74, 6) is -2.64. The molecule has 2 aliphatic heterocycles. The van der Waals surface area contributed by atoms with Gasteiger partial charge < -0.3 is 15.2 Å². The Morgan fingerprint density at radius 1 is 1.32 bits per heavy atom. The van der Waals surface area contributed by atoms with Crippen LogP contribution in [0.1, 0.15) is 4.88 Å². The standard InChI is InChI=1S/C13H13NO4S/c15-12(14-6-7-2-1-5-19-7)10-8-3-4-9(18-8)11(10)13(16)17/h1-5,8-11H,6H2,(H,14,15)(H,16,17)/t8-,9+,10-,11+/m1/s1. The highest BCUT2D eigenvalue weighted by molar-refractivity contribution is 7.09. The molecule has 19 heavy (non-hydrogen) atoms. The molecule has 1 amide bonds. The molecule has 1 aromatic rings. The van der Waals surface area contributed by atoms with E-state index in [1.807, 2.05) is 17.5 Å². The quantitative estimate of drug-likeness (QED) is 0.807. The molecule has 1 fully saturated rings. The molecule has 4 atom stereocenters. The molecule has 6 heteroatoms. The van der Waals surface area contributed by atoms with E-state index in [2.05, 4.69) is 5.32 Å². The van der Waals surface area contributed by atoms with Crippen molar-refractivity contribution in [1.29, 1.82) is 0 Å². The second-order valence-electron chi connectivity index (χ2n) is 4.64. The Bertz CT molecular complexity index is 525. The Morgan fingerprint density at radius 3 is 2.68 bits per heavy atom. The number of carboxylic acids is 1. The van der Waals surface area contributed by atoms with Gasteiger partial charge in [-0.25, -0.2) is 0 Å². The Kier molecular flexibility index (Phi) is 3.12. The van der Waals surface area contributed by atoms with E-state index in [1.165, 1.54) is 0 Å². The highest BCUT2D eigenvalue weighted by Gasteiger charge is 2.53. The van der Waals surface area contributed by atoms with E-state index < -0.39 is 30.0 Å². The minimum atomic E-state index is -0.979. The van der Waals surface area contributed by atoms with Gasteiger partial charge >= 0.3 is 5.97 Å². The number of ether oxygens (including phenoxy) is 1. The molecule has 3 rings (SSSR count). The van der Waals surface area contributed by atoms with Crippen LogP contribution in [0.5, 0.6) is 0 Å². The van der Waals surface area contributed by atoms with Crippen LogP contribution in [-0.2, 0) is 20.9 Å². The Balaban J connectivity index is 1.68. The maximum absolute atomic E-state index is 12.2. The summed E-state index contributed by atoms with van der Waals surface area (Å²) in [6.45, 7) is 0.431. The van der Waals surface area contributed by atoms with Gasteiger partial charge in [-0.1, -0.05) is 18.2 Å². The first-order chi connectivity index (χ1) is 9.16. The highest BCUT2D eigenvalue weighted by Crippen LogP contribution is 2.39. The van der Waals surface area contributed by atoms with Crippen molar-refractivity contribution >= 4 is 23.2 Å². The number of nitrogens with one attached hydrogen (secondary N) is 1. The first-order valence-corrected chi connectivity index (χ1v) is 6.91. The van der Waals surface area contributed by atoms with E-state index >= 15 is 0 Å². The largest absolute Gasteiger partial charge is 0.481 e. The lowest BCUT2D eigenvalue weighted by atomic mass is 9.82. The monoisotopic (exact) mass is 279 g/mol. The number of fused-ring (bicyclic) bond motifs is 2. The van der Waals surface area contributed by atoms with Crippen molar-refractivity contribution in [2.24, 2.45) is 11.8 Å². The fourth-order valence-electron chi connectivity index (χ4n) is 2.62. The molecule has 2 bridgehead atoms. The highest BCUT2D eigenvalue weighted by atomic mass is 32.1. The summed E-state index contributed by atoms with van der Waals surface area (Å²) < 4.78 is 5.47. The second kappa shape index (κ2) is 4.79. The van der Waals surface area contributed by atoms with Gasteiger partial charge in [0.2, 0.25) is 5.91 Å². The number of carboxylic acid groups (broad SMARTS) is 1. The zero-order valence-corrected chi connectivity index (χ0v) is 10.8. The third-order valence-electron chi connectivity index (χ3n) is 3.50. The maximum Gasteiger partial charge on any atom is 0.310 e. The molecule has 0 aliphatic carbocycles. The van der Waals surface area contributed by atoms with Crippen LogP contribution in [-0.4, -0.2) is 29.2 Å². The minimum Gasteiger partial charge on any atom is -0.481 e. The predicted molar refractivity (Wildman–Crippen MR) is 68.6 cm³/mol. The molecule has 2 aliphatic rings. The van der Waals surface area contributed by atoms with Crippen molar-refractivity contribution in [3.63, 3.8) is 0 Å². The van der Waals surface area contributed by atoms with Crippen LogP contribution in [0.4, 0.5) is 0 Å². The van der Waals surface area contributed by atoms with E-state index in [-0.39, 0.29) is 5.91 Å². The molecule has 0 aromatic carbocycles. The molecule has 0 unspecified atom stereocenters. The topological polar surface area (TPSA) is 75.6 Å². The first kappa shape index (κ1) is 12.4. The summed E-state index contributed by atoms with van der Waals surface area (Å²) in [6, 6.07) is 3.84. The molecular formula is C13H13NO4S. The van der Waals surface area contributed by atoms with Gasteiger partial charge in [0.05, 0.1) is 24.7 Å². The van der Waals surface area contributed by atoms with E-state index in [0.717, 1.165) is 4.88 Å². The van der Waals surface area contributed by atoms with Gasteiger partial charge in [0.25, 0.3) is 0 Å². The van der Waals surface area contributed by atoms with Crippen molar-refractivity contribution in [3.8, 4) is 0 Å². The molecule has 1 saturated heterocycles. The zero-order valence-electron chi connectivity index (χ0n) is 9.98.